The third-order valence-corrected chi connectivity index (χ3v) is 6.35. The molecule has 2 aromatic rings. The van der Waals surface area contributed by atoms with Gasteiger partial charge in [-0.05, 0) is 50.2 Å². The van der Waals surface area contributed by atoms with E-state index < -0.39 is 0 Å². The van der Waals surface area contributed by atoms with Crippen LogP contribution in [0.1, 0.15) is 80.8 Å². The van der Waals surface area contributed by atoms with Gasteiger partial charge in [-0.15, -0.1) is 0 Å². The number of fused-ring (bicyclic) bond motifs is 2. The predicted molar refractivity (Wildman–Crippen MR) is 106 cm³/mol. The highest BCUT2D eigenvalue weighted by atomic mass is 15.2. The van der Waals surface area contributed by atoms with E-state index in [1.807, 2.05) is 0 Å². The topological polar surface area (TPSA) is 41.0 Å². The van der Waals surface area contributed by atoms with Crippen LogP contribution in [0.4, 0.5) is 11.6 Å². The van der Waals surface area contributed by atoms with E-state index in [2.05, 4.69) is 54.4 Å². The molecule has 3 heterocycles. The number of aromatic nitrogens is 2. The molecule has 6 rings (SSSR count). The normalized spacial score (nSPS) is 25.1. The van der Waals surface area contributed by atoms with Crippen molar-refractivity contribution >= 4 is 11.6 Å². The van der Waals surface area contributed by atoms with Crippen molar-refractivity contribution in [1.82, 2.24) is 9.97 Å². The molecule has 4 heteroatoms. The fourth-order valence-corrected chi connectivity index (χ4v) is 4.54. The maximum Gasteiger partial charge on any atom is 0.136 e. The number of nitrogens with one attached hydrogen (secondary N) is 1. The van der Waals surface area contributed by atoms with Crippen LogP contribution in [0.2, 0.25) is 0 Å². The van der Waals surface area contributed by atoms with E-state index >= 15 is 0 Å². The summed E-state index contributed by atoms with van der Waals surface area (Å²) in [5.41, 5.74) is 3.08. The first kappa shape index (κ1) is 16.1. The molecule has 136 valence electrons. The van der Waals surface area contributed by atoms with Crippen LogP contribution in [0.3, 0.4) is 0 Å². The maximum atomic E-state index is 5.02. The number of piperidine rings is 1. The molecule has 1 aromatic carbocycles. The van der Waals surface area contributed by atoms with Gasteiger partial charge in [-0.3, -0.25) is 0 Å². The SMILES string of the molecule is CC[C@H](C)Nc1cc(N2C[C@H]3CC[C@H]2c2ccccc23)nc(C2CC2)n1. The second-order valence-electron chi connectivity index (χ2n) is 8.27. The lowest BCUT2D eigenvalue weighted by atomic mass is 9.75. The van der Waals surface area contributed by atoms with Gasteiger partial charge in [0.15, 0.2) is 0 Å². The lowest BCUT2D eigenvalue weighted by Gasteiger charge is -2.47. The Labute approximate surface area is 156 Å². The summed E-state index contributed by atoms with van der Waals surface area (Å²) >= 11 is 0. The van der Waals surface area contributed by atoms with Crippen molar-refractivity contribution in [3.63, 3.8) is 0 Å². The first-order valence-corrected chi connectivity index (χ1v) is 10.2. The number of benzene rings is 1. The molecular formula is C22H28N4. The summed E-state index contributed by atoms with van der Waals surface area (Å²) < 4.78 is 0. The molecule has 2 fully saturated rings. The highest BCUT2D eigenvalue weighted by Gasteiger charge is 2.39. The molecule has 1 saturated carbocycles. The highest BCUT2D eigenvalue weighted by Crippen LogP contribution is 2.48. The molecule has 0 spiro atoms. The van der Waals surface area contributed by atoms with Gasteiger partial charge >= 0.3 is 0 Å². The number of nitrogens with zero attached hydrogens (tertiary/aromatic N) is 3. The highest BCUT2D eigenvalue weighted by molar-refractivity contribution is 5.56. The predicted octanol–water partition coefficient (Wildman–Crippen LogP) is 5.00. The zero-order valence-corrected chi connectivity index (χ0v) is 15.8. The molecule has 3 atom stereocenters. The molecular weight excluding hydrogens is 320 g/mol. The first-order chi connectivity index (χ1) is 12.7. The third kappa shape index (κ3) is 2.76. The van der Waals surface area contributed by atoms with E-state index in [0.717, 1.165) is 30.4 Å². The van der Waals surface area contributed by atoms with Gasteiger partial charge < -0.3 is 10.2 Å². The van der Waals surface area contributed by atoms with Gasteiger partial charge in [0, 0.05) is 30.5 Å². The smallest absolute Gasteiger partial charge is 0.136 e. The molecule has 4 nitrogen and oxygen atoms in total. The van der Waals surface area contributed by atoms with E-state index in [1.54, 1.807) is 5.56 Å². The molecule has 1 N–H and O–H groups in total. The van der Waals surface area contributed by atoms with Crippen molar-refractivity contribution in [2.45, 2.75) is 69.9 Å². The van der Waals surface area contributed by atoms with Crippen LogP contribution in [0.5, 0.6) is 0 Å². The van der Waals surface area contributed by atoms with E-state index in [-0.39, 0.29) is 0 Å². The average Bonchev–Trinajstić information content (AvgIpc) is 3.53. The van der Waals surface area contributed by atoms with E-state index in [4.69, 9.17) is 9.97 Å². The summed E-state index contributed by atoms with van der Waals surface area (Å²) in [5, 5.41) is 3.58. The molecule has 2 aliphatic heterocycles. The summed E-state index contributed by atoms with van der Waals surface area (Å²) in [4.78, 5) is 12.4. The van der Waals surface area contributed by atoms with Crippen LogP contribution in [0.15, 0.2) is 30.3 Å². The maximum absolute atomic E-state index is 5.02. The lowest BCUT2D eigenvalue weighted by Crippen LogP contribution is -2.43. The molecule has 26 heavy (non-hydrogen) atoms. The number of hydrogen-bond acceptors (Lipinski definition) is 4. The zero-order chi connectivity index (χ0) is 17.7. The van der Waals surface area contributed by atoms with Crippen LogP contribution >= 0.6 is 0 Å². The molecule has 0 unspecified atom stereocenters. The largest absolute Gasteiger partial charge is 0.367 e. The van der Waals surface area contributed by atoms with Gasteiger partial charge in [0.05, 0.1) is 6.04 Å². The standard InChI is InChI=1S/C22H28N4/c1-3-14(2)23-20-12-21(25-22(24-20)15-8-9-15)26-13-16-10-11-19(26)18-7-5-4-6-17(16)18/h4-7,12,14-16,19H,3,8-11,13H2,1-2H3,(H,23,24,25)/t14-,16+,19-/m0/s1. The summed E-state index contributed by atoms with van der Waals surface area (Å²) in [6.07, 6.45) is 6.11. The third-order valence-electron chi connectivity index (χ3n) is 6.35. The van der Waals surface area contributed by atoms with Gasteiger partial charge in [-0.25, -0.2) is 9.97 Å². The van der Waals surface area contributed by atoms with Crippen molar-refractivity contribution in [3.8, 4) is 0 Å². The fourth-order valence-electron chi connectivity index (χ4n) is 4.54. The van der Waals surface area contributed by atoms with Gasteiger partial charge in [-0.1, -0.05) is 31.2 Å². The molecule has 1 aromatic heterocycles. The summed E-state index contributed by atoms with van der Waals surface area (Å²) in [6.45, 7) is 5.52. The minimum absolute atomic E-state index is 0.434. The van der Waals surface area contributed by atoms with Gasteiger partial charge in [-0.2, -0.15) is 0 Å². The first-order valence-electron chi connectivity index (χ1n) is 10.2. The molecule has 1 saturated heterocycles. The van der Waals surface area contributed by atoms with Crippen molar-refractivity contribution < 1.29 is 0 Å². The van der Waals surface area contributed by atoms with E-state index in [1.165, 1.54) is 31.2 Å². The Balaban J connectivity index is 1.52. The van der Waals surface area contributed by atoms with Gasteiger partial charge in [0.25, 0.3) is 0 Å². The Morgan fingerprint density at radius 1 is 1.08 bits per heavy atom. The second-order valence-corrected chi connectivity index (χ2v) is 8.27. The van der Waals surface area contributed by atoms with Crippen molar-refractivity contribution in [1.29, 1.82) is 0 Å². The second kappa shape index (κ2) is 6.26. The van der Waals surface area contributed by atoms with Crippen molar-refractivity contribution in [2.24, 2.45) is 0 Å². The Morgan fingerprint density at radius 3 is 2.62 bits per heavy atom. The quantitative estimate of drug-likeness (QED) is 0.825. The average molecular weight is 348 g/mol. The zero-order valence-electron chi connectivity index (χ0n) is 15.8. The van der Waals surface area contributed by atoms with Crippen LogP contribution in [0, 0.1) is 0 Å². The molecule has 2 bridgehead atoms. The summed E-state index contributed by atoms with van der Waals surface area (Å²) in [7, 11) is 0. The van der Waals surface area contributed by atoms with Crippen molar-refractivity contribution in [3.05, 3.63) is 47.3 Å². The number of rotatable bonds is 5. The van der Waals surface area contributed by atoms with Crippen LogP contribution < -0.4 is 10.2 Å². The fraction of sp³-hybridized carbons (Fsp3) is 0.545. The number of anilines is 2. The molecule has 2 aliphatic carbocycles. The van der Waals surface area contributed by atoms with Crippen molar-refractivity contribution in [2.75, 3.05) is 16.8 Å². The number of hydrogen-bond donors (Lipinski definition) is 1. The Morgan fingerprint density at radius 2 is 1.85 bits per heavy atom. The summed E-state index contributed by atoms with van der Waals surface area (Å²) in [6, 6.07) is 12.1. The minimum Gasteiger partial charge on any atom is -0.367 e. The van der Waals surface area contributed by atoms with Crippen LogP contribution in [-0.2, 0) is 0 Å². The monoisotopic (exact) mass is 348 g/mol. The summed E-state index contributed by atoms with van der Waals surface area (Å²) in [5.74, 6) is 4.38. The van der Waals surface area contributed by atoms with E-state index in [0.29, 0.717) is 23.9 Å². The Bertz CT molecular complexity index is 814. The Hall–Kier alpha value is -2.10. The molecule has 4 aliphatic rings. The van der Waals surface area contributed by atoms with Gasteiger partial charge in [0.1, 0.15) is 17.5 Å². The van der Waals surface area contributed by atoms with Crippen LogP contribution in [0.25, 0.3) is 0 Å². The molecule has 0 radical (unpaired) electrons. The lowest BCUT2D eigenvalue weighted by molar-refractivity contribution is 0.387. The Kier molecular flexibility index (Phi) is 3.87. The van der Waals surface area contributed by atoms with Crippen LogP contribution in [-0.4, -0.2) is 22.6 Å². The minimum atomic E-state index is 0.434. The van der Waals surface area contributed by atoms with Gasteiger partial charge in [0.2, 0.25) is 0 Å². The molecule has 0 amide bonds. The van der Waals surface area contributed by atoms with E-state index in [9.17, 15) is 0 Å².